The summed E-state index contributed by atoms with van der Waals surface area (Å²) in [7, 11) is 0. The molecule has 4 heterocycles. The van der Waals surface area contributed by atoms with Crippen LogP contribution >= 0.6 is 0 Å². The first-order valence-corrected chi connectivity index (χ1v) is 9.12. The highest BCUT2D eigenvalue weighted by molar-refractivity contribution is 5.92. The van der Waals surface area contributed by atoms with Gasteiger partial charge in [0.15, 0.2) is 5.76 Å². The van der Waals surface area contributed by atoms with E-state index >= 15 is 0 Å². The fourth-order valence-corrected chi connectivity index (χ4v) is 3.43. The molecule has 0 aliphatic carbocycles. The summed E-state index contributed by atoms with van der Waals surface area (Å²) in [5.74, 6) is 0.511. The van der Waals surface area contributed by atoms with E-state index in [4.69, 9.17) is 4.52 Å². The number of carbonyl (C=O) groups excluding carboxylic acids is 1. The first-order chi connectivity index (χ1) is 13.5. The Morgan fingerprint density at radius 1 is 1.14 bits per heavy atom. The molecule has 0 spiro atoms. The lowest BCUT2D eigenvalue weighted by Crippen LogP contribution is -2.38. The average Bonchev–Trinajstić information content (AvgIpc) is 3.14. The lowest BCUT2D eigenvalue weighted by atomic mass is 9.90. The van der Waals surface area contributed by atoms with Crippen LogP contribution in [0.1, 0.15) is 46.3 Å². The molecule has 4 rings (SSSR count). The average molecular weight is 380 g/mol. The minimum absolute atomic E-state index is 0.102. The van der Waals surface area contributed by atoms with Crippen LogP contribution in [0, 0.1) is 13.8 Å². The van der Waals surface area contributed by atoms with E-state index in [1.54, 1.807) is 17.2 Å². The molecule has 28 heavy (non-hydrogen) atoms. The zero-order chi connectivity index (χ0) is 19.7. The third-order valence-electron chi connectivity index (χ3n) is 4.90. The number of nitrogens with one attached hydrogen (secondary N) is 1. The maximum atomic E-state index is 12.6. The lowest BCUT2D eigenvalue weighted by Gasteiger charge is -2.31. The van der Waals surface area contributed by atoms with E-state index in [2.05, 4.69) is 25.3 Å². The van der Waals surface area contributed by atoms with Crippen molar-refractivity contribution in [3.63, 3.8) is 0 Å². The Balaban J connectivity index is 1.52. The molecule has 3 aromatic rings. The molecule has 0 aromatic carbocycles. The van der Waals surface area contributed by atoms with Gasteiger partial charge in [0, 0.05) is 42.9 Å². The van der Waals surface area contributed by atoms with Gasteiger partial charge in [0.25, 0.3) is 11.5 Å². The Morgan fingerprint density at radius 2 is 1.93 bits per heavy atom. The van der Waals surface area contributed by atoms with Crippen molar-refractivity contribution in [3.8, 4) is 11.3 Å². The lowest BCUT2D eigenvalue weighted by molar-refractivity contribution is 0.0705. The van der Waals surface area contributed by atoms with Crippen LogP contribution in [0.5, 0.6) is 0 Å². The summed E-state index contributed by atoms with van der Waals surface area (Å²) in [6, 6.07) is 3.27. The molecular weight excluding hydrogens is 360 g/mol. The number of hydrogen-bond donors (Lipinski definition) is 1. The monoisotopic (exact) mass is 380 g/mol. The molecule has 1 aliphatic rings. The molecule has 0 radical (unpaired) electrons. The van der Waals surface area contributed by atoms with Gasteiger partial charge in [-0.1, -0.05) is 5.16 Å². The highest BCUT2D eigenvalue weighted by Gasteiger charge is 2.28. The molecule has 1 amide bonds. The second kappa shape index (κ2) is 7.34. The Bertz CT molecular complexity index is 1050. The number of nitrogens with zero attached hydrogens (tertiary/aromatic N) is 5. The van der Waals surface area contributed by atoms with Gasteiger partial charge in [-0.3, -0.25) is 14.6 Å². The number of rotatable bonds is 3. The van der Waals surface area contributed by atoms with E-state index in [0.29, 0.717) is 30.1 Å². The Labute approximate surface area is 160 Å². The van der Waals surface area contributed by atoms with Crippen molar-refractivity contribution in [2.75, 3.05) is 13.1 Å². The second-order valence-corrected chi connectivity index (χ2v) is 6.97. The van der Waals surface area contributed by atoms with Crippen LogP contribution in [0.2, 0.25) is 0 Å². The van der Waals surface area contributed by atoms with Gasteiger partial charge in [0.05, 0.1) is 23.3 Å². The number of carbonyl (C=O) groups is 1. The second-order valence-electron chi connectivity index (χ2n) is 6.97. The molecule has 1 aliphatic heterocycles. The molecular formula is C19H20N6O3. The SMILES string of the molecule is Cc1cnc(C(=O)N2CCC(c3n[nH]c(=O)cc3-c3cc(C)no3)CC2)cn1. The van der Waals surface area contributed by atoms with Crippen LogP contribution in [0.25, 0.3) is 11.3 Å². The van der Waals surface area contributed by atoms with E-state index < -0.39 is 0 Å². The van der Waals surface area contributed by atoms with Crippen LogP contribution in [0.15, 0.2) is 33.8 Å². The number of aryl methyl sites for hydroxylation is 2. The van der Waals surface area contributed by atoms with Crippen LogP contribution in [-0.2, 0) is 0 Å². The molecule has 144 valence electrons. The molecule has 9 nitrogen and oxygen atoms in total. The van der Waals surface area contributed by atoms with Gasteiger partial charge < -0.3 is 9.42 Å². The third-order valence-corrected chi connectivity index (χ3v) is 4.90. The molecule has 0 bridgehead atoms. The van der Waals surface area contributed by atoms with Gasteiger partial charge in [0.2, 0.25) is 0 Å². The fourth-order valence-electron chi connectivity index (χ4n) is 3.43. The molecule has 0 unspecified atom stereocenters. The highest BCUT2D eigenvalue weighted by Crippen LogP contribution is 2.33. The number of amides is 1. The maximum Gasteiger partial charge on any atom is 0.274 e. The van der Waals surface area contributed by atoms with Crippen molar-refractivity contribution >= 4 is 5.91 Å². The summed E-state index contributed by atoms with van der Waals surface area (Å²) in [5.41, 5.74) is 2.98. The fraction of sp³-hybridized carbons (Fsp3) is 0.368. The van der Waals surface area contributed by atoms with Gasteiger partial charge >= 0.3 is 0 Å². The van der Waals surface area contributed by atoms with Crippen molar-refractivity contribution in [1.29, 1.82) is 0 Å². The van der Waals surface area contributed by atoms with Crippen molar-refractivity contribution in [3.05, 3.63) is 57.7 Å². The summed E-state index contributed by atoms with van der Waals surface area (Å²) in [5, 5.41) is 10.7. The normalized spacial score (nSPS) is 15.0. The number of aromatic nitrogens is 5. The van der Waals surface area contributed by atoms with Crippen molar-refractivity contribution in [2.24, 2.45) is 0 Å². The minimum Gasteiger partial charge on any atom is -0.356 e. The maximum absolute atomic E-state index is 12.6. The smallest absolute Gasteiger partial charge is 0.274 e. The number of hydrogen-bond acceptors (Lipinski definition) is 7. The van der Waals surface area contributed by atoms with Crippen molar-refractivity contribution in [2.45, 2.75) is 32.6 Å². The van der Waals surface area contributed by atoms with Crippen LogP contribution in [0.3, 0.4) is 0 Å². The summed E-state index contributed by atoms with van der Waals surface area (Å²) in [4.78, 5) is 34.5. The number of likely N-dealkylation sites (tertiary alicyclic amines) is 1. The van der Waals surface area contributed by atoms with E-state index in [1.807, 2.05) is 13.8 Å². The predicted molar refractivity (Wildman–Crippen MR) is 99.7 cm³/mol. The van der Waals surface area contributed by atoms with Crippen LogP contribution in [0.4, 0.5) is 0 Å². The first kappa shape index (κ1) is 18.0. The number of H-pyrrole nitrogens is 1. The largest absolute Gasteiger partial charge is 0.356 e. The minimum atomic E-state index is -0.293. The van der Waals surface area contributed by atoms with E-state index in [-0.39, 0.29) is 17.4 Å². The standard InChI is InChI=1S/C19H20N6O3/c1-11-7-16(28-24-11)14-8-17(26)22-23-18(14)13-3-5-25(6-4-13)19(27)15-10-20-12(2)9-21-15/h7-10,13H,3-6H2,1-2H3,(H,22,26). The summed E-state index contributed by atoms with van der Waals surface area (Å²) < 4.78 is 5.34. The number of aromatic amines is 1. The molecule has 0 saturated carbocycles. The molecule has 1 N–H and O–H groups in total. The summed E-state index contributed by atoms with van der Waals surface area (Å²) in [6.45, 7) is 4.81. The van der Waals surface area contributed by atoms with E-state index in [1.165, 1.54) is 12.3 Å². The van der Waals surface area contributed by atoms with Crippen LogP contribution in [-0.4, -0.2) is 49.2 Å². The molecule has 9 heteroatoms. The Kier molecular flexibility index (Phi) is 4.72. The Morgan fingerprint density at radius 3 is 2.57 bits per heavy atom. The van der Waals surface area contributed by atoms with Gasteiger partial charge in [0.1, 0.15) is 5.69 Å². The predicted octanol–water partition coefficient (Wildman–Crippen LogP) is 1.85. The van der Waals surface area contributed by atoms with Crippen molar-refractivity contribution in [1.82, 2.24) is 30.2 Å². The first-order valence-electron chi connectivity index (χ1n) is 9.12. The zero-order valence-electron chi connectivity index (χ0n) is 15.7. The zero-order valence-corrected chi connectivity index (χ0v) is 15.7. The summed E-state index contributed by atoms with van der Waals surface area (Å²) in [6.07, 6.45) is 4.56. The van der Waals surface area contributed by atoms with Crippen LogP contribution < -0.4 is 5.56 Å². The van der Waals surface area contributed by atoms with Gasteiger partial charge in [-0.05, 0) is 26.7 Å². The molecule has 0 atom stereocenters. The van der Waals surface area contributed by atoms with Gasteiger partial charge in [-0.15, -0.1) is 0 Å². The van der Waals surface area contributed by atoms with Gasteiger partial charge in [-0.2, -0.15) is 5.10 Å². The summed E-state index contributed by atoms with van der Waals surface area (Å²) >= 11 is 0. The third kappa shape index (κ3) is 3.55. The molecule has 1 fully saturated rings. The van der Waals surface area contributed by atoms with E-state index in [0.717, 1.165) is 29.9 Å². The van der Waals surface area contributed by atoms with E-state index in [9.17, 15) is 9.59 Å². The molecule has 3 aromatic heterocycles. The van der Waals surface area contributed by atoms with Crippen molar-refractivity contribution < 1.29 is 9.32 Å². The quantitative estimate of drug-likeness (QED) is 0.736. The van der Waals surface area contributed by atoms with Gasteiger partial charge in [-0.25, -0.2) is 10.1 Å². The highest BCUT2D eigenvalue weighted by atomic mass is 16.5. The topological polar surface area (TPSA) is 118 Å². The number of piperidine rings is 1. The Hall–Kier alpha value is -3.36. The molecule has 1 saturated heterocycles.